The van der Waals surface area contributed by atoms with Gasteiger partial charge >= 0.3 is 81.1 Å². The zero-order valence-corrected chi connectivity index (χ0v) is 11.2. The summed E-state index contributed by atoms with van der Waals surface area (Å²) in [4.78, 5) is 0.913. The molecule has 0 nitrogen and oxygen atoms in total. The van der Waals surface area contributed by atoms with Crippen LogP contribution in [0.1, 0.15) is 13.3 Å². The molecule has 0 aromatic carbocycles. The van der Waals surface area contributed by atoms with Gasteiger partial charge in [0.25, 0.3) is 0 Å². The first-order chi connectivity index (χ1) is 4.31. The molecule has 0 aromatic rings. The van der Waals surface area contributed by atoms with Crippen molar-refractivity contribution in [3.63, 3.8) is 0 Å². The van der Waals surface area contributed by atoms with Crippen LogP contribution < -0.4 is 0 Å². The van der Waals surface area contributed by atoms with Gasteiger partial charge < -0.3 is 0 Å². The summed E-state index contributed by atoms with van der Waals surface area (Å²) in [5, 5.41) is 4.22. The molecule has 0 spiro atoms. The van der Waals surface area contributed by atoms with Crippen molar-refractivity contribution < 1.29 is 0 Å². The van der Waals surface area contributed by atoms with Crippen LogP contribution in [0.5, 0.6) is 0 Å². The third-order valence-electron chi connectivity index (χ3n) is 1.02. The van der Waals surface area contributed by atoms with Gasteiger partial charge in [0.1, 0.15) is 0 Å². The van der Waals surface area contributed by atoms with E-state index in [2.05, 4.69) is 38.9 Å². The van der Waals surface area contributed by atoms with Crippen LogP contribution in [0.4, 0.5) is 0 Å². The molecule has 0 aromatic heterocycles. The summed E-state index contributed by atoms with van der Waals surface area (Å²) in [5.74, 6) is 0. The Labute approximate surface area is 80.7 Å². The van der Waals surface area contributed by atoms with Gasteiger partial charge in [0, 0.05) is 0 Å². The first-order valence-corrected chi connectivity index (χ1v) is 8.01. The molecule has 9 heavy (non-hydrogen) atoms. The van der Waals surface area contributed by atoms with Gasteiger partial charge in [-0.05, 0) is 0 Å². The van der Waals surface area contributed by atoms with Gasteiger partial charge in [0.2, 0.25) is 0 Å². The van der Waals surface area contributed by atoms with Gasteiger partial charge in [-0.2, -0.15) is 0 Å². The molecule has 0 aliphatic heterocycles. The van der Waals surface area contributed by atoms with Crippen LogP contribution in [0.3, 0.4) is 0 Å². The quantitative estimate of drug-likeness (QED) is 0.522. The van der Waals surface area contributed by atoms with Crippen molar-refractivity contribution >= 4 is 47.0 Å². The molecule has 3 heteroatoms. The van der Waals surface area contributed by atoms with E-state index in [9.17, 15) is 0 Å². The van der Waals surface area contributed by atoms with E-state index in [-0.39, 0.29) is 0 Å². The van der Waals surface area contributed by atoms with E-state index in [0.29, 0.717) is 0 Å². The Hall–Kier alpha value is 1.56. The molecule has 56 valence electrons. The third kappa shape index (κ3) is 7.46. The second kappa shape index (κ2) is 7.66. The fourth-order valence-corrected chi connectivity index (χ4v) is 4.64. The Morgan fingerprint density at radius 2 is 2.22 bits per heavy atom. The van der Waals surface area contributed by atoms with Crippen molar-refractivity contribution in [2.45, 2.75) is 34.1 Å². The molecule has 0 amide bonds. The number of hydrogen-bond donors (Lipinski definition) is 0. The Morgan fingerprint density at radius 3 is 2.67 bits per heavy atom. The van der Waals surface area contributed by atoms with Gasteiger partial charge in [-0.25, -0.2) is 0 Å². The summed E-state index contributed by atoms with van der Waals surface area (Å²) in [7, 11) is 0. The van der Waals surface area contributed by atoms with Crippen LogP contribution in [-0.2, 0) is 0 Å². The van der Waals surface area contributed by atoms with Crippen LogP contribution in [-0.4, -0.2) is 47.0 Å². The summed E-state index contributed by atoms with van der Waals surface area (Å²) in [5.41, 5.74) is 0. The maximum atomic E-state index is 2.77. The average molecular weight is 323 g/mol. The maximum absolute atomic E-state index is 2.77. The minimum atomic E-state index is 0.913. The SMILES string of the molecule is CCC([SeH])C[Se]CC[SeH]. The van der Waals surface area contributed by atoms with Crippen LogP contribution in [0.15, 0.2) is 0 Å². The Bertz CT molecular complexity index is 56.3. The molecular weight excluding hydrogens is 309 g/mol. The Morgan fingerprint density at radius 1 is 1.56 bits per heavy atom. The van der Waals surface area contributed by atoms with Crippen molar-refractivity contribution in [1.29, 1.82) is 0 Å². The molecule has 1 unspecified atom stereocenters. The molecule has 0 aliphatic carbocycles. The molecule has 0 saturated carbocycles. The number of rotatable bonds is 5. The first kappa shape index (κ1) is 10.6. The fraction of sp³-hybridized carbons (Fsp3) is 1.00. The molecule has 0 bridgehead atoms. The molecule has 0 radical (unpaired) electrons. The zero-order chi connectivity index (χ0) is 7.11. The Kier molecular flexibility index (Phi) is 8.99. The van der Waals surface area contributed by atoms with Gasteiger partial charge in [-0.15, -0.1) is 0 Å². The van der Waals surface area contributed by atoms with Gasteiger partial charge in [-0.1, -0.05) is 0 Å². The second-order valence-electron chi connectivity index (χ2n) is 1.86. The van der Waals surface area contributed by atoms with Crippen molar-refractivity contribution in [3.8, 4) is 0 Å². The van der Waals surface area contributed by atoms with Crippen LogP contribution in [0.25, 0.3) is 0 Å². The van der Waals surface area contributed by atoms with E-state index in [1.807, 2.05) is 0 Å². The topological polar surface area (TPSA) is 0 Å². The van der Waals surface area contributed by atoms with E-state index >= 15 is 0 Å². The zero-order valence-electron chi connectivity index (χ0n) is 5.71. The third-order valence-corrected chi connectivity index (χ3v) is 7.69. The van der Waals surface area contributed by atoms with E-state index in [0.717, 1.165) is 19.8 Å². The second-order valence-corrected chi connectivity index (χ2v) is 6.74. The van der Waals surface area contributed by atoms with Crippen LogP contribution >= 0.6 is 0 Å². The van der Waals surface area contributed by atoms with Gasteiger partial charge in [0.05, 0.1) is 0 Å². The monoisotopic (exact) mass is 326 g/mol. The molecule has 0 rings (SSSR count). The summed E-state index contributed by atoms with van der Waals surface area (Å²) >= 11 is 6.35. The molecule has 1 atom stereocenters. The first-order valence-electron chi connectivity index (χ1n) is 3.18. The predicted molar refractivity (Wildman–Crippen MR) is 48.5 cm³/mol. The molecule has 0 saturated heterocycles. The molecule has 0 heterocycles. The molecule has 0 fully saturated rings. The average Bonchev–Trinajstić information content (AvgIpc) is 1.89. The predicted octanol–water partition coefficient (Wildman–Crippen LogP) is 0.946. The standard InChI is InChI=1S/C6H14Se3/c1-2-6(8)5-9-4-3-7/h6-8H,2-5H2,1H3. The summed E-state index contributed by atoms with van der Waals surface area (Å²) in [6.45, 7) is 2.26. The van der Waals surface area contributed by atoms with Crippen molar-refractivity contribution in [1.82, 2.24) is 0 Å². The van der Waals surface area contributed by atoms with Crippen molar-refractivity contribution in [2.75, 3.05) is 0 Å². The van der Waals surface area contributed by atoms with Crippen molar-refractivity contribution in [3.05, 3.63) is 0 Å². The van der Waals surface area contributed by atoms with E-state index < -0.39 is 0 Å². The molecular formula is C6H14Se3. The van der Waals surface area contributed by atoms with Crippen LogP contribution in [0, 0.1) is 0 Å². The summed E-state index contributed by atoms with van der Waals surface area (Å²) in [6, 6.07) is 0. The Balaban J connectivity index is 2.88. The molecule has 0 aliphatic rings. The fourth-order valence-electron chi connectivity index (χ4n) is 0.402. The molecule has 0 N–H and O–H groups in total. The number of hydrogen-bond acceptors (Lipinski definition) is 0. The summed E-state index contributed by atoms with van der Waals surface area (Å²) < 4.78 is 0. The van der Waals surface area contributed by atoms with E-state index in [4.69, 9.17) is 0 Å². The van der Waals surface area contributed by atoms with Gasteiger partial charge in [0.15, 0.2) is 0 Å². The van der Waals surface area contributed by atoms with E-state index in [1.54, 1.807) is 0 Å². The van der Waals surface area contributed by atoms with Gasteiger partial charge in [-0.3, -0.25) is 0 Å². The summed E-state index contributed by atoms with van der Waals surface area (Å²) in [6.07, 6.45) is 1.33. The van der Waals surface area contributed by atoms with Crippen molar-refractivity contribution in [2.24, 2.45) is 0 Å². The van der Waals surface area contributed by atoms with Crippen LogP contribution in [0.2, 0.25) is 20.8 Å². The minimum absolute atomic E-state index is 0.913. The van der Waals surface area contributed by atoms with E-state index in [1.165, 1.54) is 22.4 Å². The normalized spacial score (nSPS) is 13.7.